The highest BCUT2D eigenvalue weighted by Crippen LogP contribution is 2.20. The van der Waals surface area contributed by atoms with Crippen LogP contribution in [-0.2, 0) is 0 Å². The third-order valence-corrected chi connectivity index (χ3v) is 2.45. The lowest BCUT2D eigenvalue weighted by Gasteiger charge is -2.11. The SMILES string of the molecule is CN/C(C)=C1/C=CC=C(Br)C1=N. The molecule has 0 amide bonds. The Balaban J connectivity index is 3.06. The van der Waals surface area contributed by atoms with Crippen molar-refractivity contribution in [3.63, 3.8) is 0 Å². The summed E-state index contributed by atoms with van der Waals surface area (Å²) in [6.07, 6.45) is 5.73. The van der Waals surface area contributed by atoms with Crippen molar-refractivity contribution in [3.8, 4) is 0 Å². The molecule has 0 aromatic rings. The van der Waals surface area contributed by atoms with Gasteiger partial charge >= 0.3 is 0 Å². The van der Waals surface area contributed by atoms with E-state index < -0.39 is 0 Å². The van der Waals surface area contributed by atoms with Gasteiger partial charge in [-0.05, 0) is 28.9 Å². The van der Waals surface area contributed by atoms with Crippen LogP contribution in [0.1, 0.15) is 6.92 Å². The normalized spacial score (nSPS) is 20.6. The molecule has 2 N–H and O–H groups in total. The van der Waals surface area contributed by atoms with Gasteiger partial charge in [-0.2, -0.15) is 0 Å². The van der Waals surface area contributed by atoms with E-state index in [1.165, 1.54) is 0 Å². The summed E-state index contributed by atoms with van der Waals surface area (Å²) in [5.41, 5.74) is 2.48. The molecule has 0 saturated carbocycles. The molecule has 2 nitrogen and oxygen atoms in total. The molecule has 0 fully saturated rings. The van der Waals surface area contributed by atoms with Crippen molar-refractivity contribution in [1.29, 1.82) is 5.41 Å². The van der Waals surface area contributed by atoms with Crippen LogP contribution in [0.4, 0.5) is 0 Å². The predicted molar refractivity (Wildman–Crippen MR) is 55.6 cm³/mol. The Morgan fingerprint density at radius 2 is 2.25 bits per heavy atom. The molecule has 12 heavy (non-hydrogen) atoms. The van der Waals surface area contributed by atoms with Crippen molar-refractivity contribution in [2.75, 3.05) is 7.05 Å². The maximum absolute atomic E-state index is 7.72. The third-order valence-electron chi connectivity index (χ3n) is 1.79. The zero-order valence-electron chi connectivity index (χ0n) is 7.11. The van der Waals surface area contributed by atoms with Gasteiger partial charge in [-0.15, -0.1) is 0 Å². The summed E-state index contributed by atoms with van der Waals surface area (Å²) in [5.74, 6) is 0. The van der Waals surface area contributed by atoms with Gasteiger partial charge in [0.2, 0.25) is 0 Å². The van der Waals surface area contributed by atoms with Gasteiger partial charge < -0.3 is 5.32 Å². The van der Waals surface area contributed by atoms with Gasteiger partial charge in [-0.1, -0.05) is 12.2 Å². The molecule has 3 heteroatoms. The lowest BCUT2D eigenvalue weighted by Crippen LogP contribution is -2.12. The minimum atomic E-state index is 0.532. The lowest BCUT2D eigenvalue weighted by molar-refractivity contribution is 0.981. The van der Waals surface area contributed by atoms with Crippen LogP contribution in [0.25, 0.3) is 0 Å². The highest BCUT2D eigenvalue weighted by atomic mass is 79.9. The van der Waals surface area contributed by atoms with E-state index in [0.29, 0.717) is 5.71 Å². The molecule has 0 aromatic carbocycles. The van der Waals surface area contributed by atoms with Gasteiger partial charge in [0.25, 0.3) is 0 Å². The van der Waals surface area contributed by atoms with Crippen molar-refractivity contribution in [1.82, 2.24) is 5.32 Å². The van der Waals surface area contributed by atoms with Gasteiger partial charge in [0, 0.05) is 22.8 Å². The first kappa shape index (κ1) is 9.26. The van der Waals surface area contributed by atoms with Crippen LogP contribution >= 0.6 is 15.9 Å². The zero-order valence-corrected chi connectivity index (χ0v) is 8.70. The van der Waals surface area contributed by atoms with E-state index in [1.807, 2.05) is 32.2 Å². The van der Waals surface area contributed by atoms with Crippen LogP contribution in [0.15, 0.2) is 34.0 Å². The number of halogens is 1. The Labute approximate surface area is 80.7 Å². The molecule has 0 aromatic heterocycles. The molecule has 1 aliphatic rings. The van der Waals surface area contributed by atoms with Crippen LogP contribution in [0.5, 0.6) is 0 Å². The first-order valence-electron chi connectivity index (χ1n) is 3.68. The third kappa shape index (κ3) is 1.67. The van der Waals surface area contributed by atoms with Crippen LogP contribution in [0.2, 0.25) is 0 Å². The molecule has 0 radical (unpaired) electrons. The number of nitrogens with one attached hydrogen (secondary N) is 2. The molecule has 64 valence electrons. The summed E-state index contributed by atoms with van der Waals surface area (Å²) in [7, 11) is 1.86. The summed E-state index contributed by atoms with van der Waals surface area (Å²) in [6, 6.07) is 0. The minimum absolute atomic E-state index is 0.532. The molecular weight excluding hydrogens is 216 g/mol. The Kier molecular flexibility index (Phi) is 2.87. The lowest BCUT2D eigenvalue weighted by atomic mass is 10.0. The van der Waals surface area contributed by atoms with Crippen LogP contribution < -0.4 is 5.32 Å². The number of hydrogen-bond acceptors (Lipinski definition) is 2. The molecule has 0 unspecified atom stereocenters. The van der Waals surface area contributed by atoms with Crippen LogP contribution in [0, 0.1) is 5.41 Å². The second kappa shape index (κ2) is 3.72. The average Bonchev–Trinajstić information content (AvgIpc) is 2.08. The second-order valence-corrected chi connectivity index (χ2v) is 3.39. The van der Waals surface area contributed by atoms with Crippen molar-refractivity contribution in [2.45, 2.75) is 6.92 Å². The summed E-state index contributed by atoms with van der Waals surface area (Å²) in [4.78, 5) is 0. The summed E-state index contributed by atoms with van der Waals surface area (Å²) < 4.78 is 0.828. The van der Waals surface area contributed by atoms with E-state index in [2.05, 4.69) is 21.2 Å². The van der Waals surface area contributed by atoms with Gasteiger partial charge in [0.1, 0.15) is 0 Å². The second-order valence-electron chi connectivity index (χ2n) is 2.54. The Morgan fingerprint density at radius 3 is 2.83 bits per heavy atom. The quantitative estimate of drug-likeness (QED) is 0.708. The van der Waals surface area contributed by atoms with Gasteiger partial charge in [0.05, 0.1) is 5.71 Å². The largest absolute Gasteiger partial charge is 0.391 e. The van der Waals surface area contributed by atoms with Crippen molar-refractivity contribution < 1.29 is 0 Å². The predicted octanol–water partition coefficient (Wildman–Crippen LogP) is 2.35. The fourth-order valence-corrected chi connectivity index (χ4v) is 1.34. The molecule has 1 rings (SSSR count). The molecule has 1 aliphatic carbocycles. The first-order chi connectivity index (χ1) is 5.66. The smallest absolute Gasteiger partial charge is 0.0771 e. The van der Waals surface area contributed by atoms with E-state index in [-0.39, 0.29) is 0 Å². The standard InChI is InChI=1S/C9H11BrN2/c1-6(12-2)7-4-3-5-8(10)9(7)11/h3-5,11-12H,1-2H3/b7-6-,11-9?. The molecular formula is C9H11BrN2. The van der Waals surface area contributed by atoms with Crippen molar-refractivity contribution >= 4 is 21.6 Å². The Morgan fingerprint density at radius 1 is 1.58 bits per heavy atom. The summed E-state index contributed by atoms with van der Waals surface area (Å²) >= 11 is 3.31. The van der Waals surface area contributed by atoms with Crippen molar-refractivity contribution in [2.24, 2.45) is 0 Å². The first-order valence-corrected chi connectivity index (χ1v) is 4.48. The Hall–Kier alpha value is -0.830. The van der Waals surface area contributed by atoms with E-state index in [9.17, 15) is 0 Å². The van der Waals surface area contributed by atoms with E-state index in [1.54, 1.807) is 0 Å². The molecule has 0 bridgehead atoms. The summed E-state index contributed by atoms with van der Waals surface area (Å²) in [6.45, 7) is 1.96. The van der Waals surface area contributed by atoms with E-state index >= 15 is 0 Å². The molecule has 0 atom stereocenters. The van der Waals surface area contributed by atoms with Gasteiger partial charge in [-0.3, -0.25) is 5.41 Å². The molecule has 0 heterocycles. The van der Waals surface area contributed by atoms with E-state index in [4.69, 9.17) is 5.41 Å². The highest BCUT2D eigenvalue weighted by molar-refractivity contribution is 9.12. The maximum Gasteiger partial charge on any atom is 0.0771 e. The van der Waals surface area contributed by atoms with Crippen LogP contribution in [0.3, 0.4) is 0 Å². The minimum Gasteiger partial charge on any atom is -0.391 e. The van der Waals surface area contributed by atoms with Crippen molar-refractivity contribution in [3.05, 3.63) is 34.0 Å². The van der Waals surface area contributed by atoms with E-state index in [0.717, 1.165) is 15.8 Å². The van der Waals surface area contributed by atoms with Crippen LogP contribution in [-0.4, -0.2) is 12.8 Å². The topological polar surface area (TPSA) is 35.9 Å². The monoisotopic (exact) mass is 226 g/mol. The fourth-order valence-electron chi connectivity index (χ4n) is 0.971. The molecule has 0 saturated heterocycles. The summed E-state index contributed by atoms with van der Waals surface area (Å²) in [5, 5.41) is 10.7. The molecule has 0 spiro atoms. The molecule has 0 aliphatic heterocycles. The Bertz CT molecular complexity index is 298. The number of allylic oxidation sites excluding steroid dienone is 6. The highest BCUT2D eigenvalue weighted by Gasteiger charge is 2.10. The van der Waals surface area contributed by atoms with Gasteiger partial charge in [-0.25, -0.2) is 0 Å². The number of hydrogen-bond donors (Lipinski definition) is 2. The maximum atomic E-state index is 7.72. The zero-order chi connectivity index (χ0) is 9.14. The number of rotatable bonds is 1. The average molecular weight is 227 g/mol. The van der Waals surface area contributed by atoms with Gasteiger partial charge in [0.15, 0.2) is 0 Å². The fraction of sp³-hybridized carbons (Fsp3) is 0.222.